The summed E-state index contributed by atoms with van der Waals surface area (Å²) in [5.74, 6) is 0.775. The minimum atomic E-state index is 0.0860. The van der Waals surface area contributed by atoms with Crippen LogP contribution in [0.4, 0.5) is 5.82 Å². The molecule has 2 aliphatic rings. The van der Waals surface area contributed by atoms with Gasteiger partial charge in [0.1, 0.15) is 5.82 Å². The van der Waals surface area contributed by atoms with Crippen molar-refractivity contribution in [3.05, 3.63) is 59.8 Å². The van der Waals surface area contributed by atoms with E-state index in [1.54, 1.807) is 6.20 Å². The van der Waals surface area contributed by atoms with Crippen LogP contribution in [-0.2, 0) is 11.3 Å². The summed E-state index contributed by atoms with van der Waals surface area (Å²) in [6.07, 6.45) is 7.26. The van der Waals surface area contributed by atoms with Gasteiger partial charge in [-0.25, -0.2) is 4.98 Å². The molecular weight excluding hydrogens is 338 g/mol. The fourth-order valence-electron chi connectivity index (χ4n) is 4.03. The largest absolute Gasteiger partial charge is 0.371 e. The zero-order chi connectivity index (χ0) is 18.5. The molecule has 5 nitrogen and oxygen atoms in total. The van der Waals surface area contributed by atoms with Crippen molar-refractivity contribution < 1.29 is 9.53 Å². The van der Waals surface area contributed by atoms with Gasteiger partial charge in [0, 0.05) is 19.3 Å². The van der Waals surface area contributed by atoms with Crippen molar-refractivity contribution in [1.82, 2.24) is 9.88 Å². The summed E-state index contributed by atoms with van der Waals surface area (Å²) in [5.41, 5.74) is 1.86. The highest BCUT2D eigenvalue weighted by atomic mass is 16.5. The van der Waals surface area contributed by atoms with Crippen molar-refractivity contribution in [2.24, 2.45) is 0 Å². The Labute approximate surface area is 160 Å². The number of carbonyl (C=O) groups is 1. The zero-order valence-electron chi connectivity index (χ0n) is 15.6. The van der Waals surface area contributed by atoms with E-state index >= 15 is 0 Å². The van der Waals surface area contributed by atoms with Crippen LogP contribution in [0.3, 0.4) is 0 Å². The van der Waals surface area contributed by atoms with E-state index in [1.807, 2.05) is 35.2 Å². The summed E-state index contributed by atoms with van der Waals surface area (Å²) in [6.45, 7) is 2.31. The van der Waals surface area contributed by atoms with E-state index in [1.165, 1.54) is 5.56 Å². The Bertz CT molecular complexity index is 759. The molecule has 0 spiro atoms. The monoisotopic (exact) mass is 365 g/mol. The molecule has 5 heteroatoms. The molecule has 2 atom stereocenters. The van der Waals surface area contributed by atoms with Gasteiger partial charge in [-0.2, -0.15) is 0 Å². The number of pyridine rings is 1. The molecule has 1 aliphatic heterocycles. The molecule has 2 fully saturated rings. The fourth-order valence-corrected chi connectivity index (χ4v) is 4.03. The first-order valence-electron chi connectivity index (χ1n) is 9.97. The van der Waals surface area contributed by atoms with Gasteiger partial charge >= 0.3 is 0 Å². The first-order chi connectivity index (χ1) is 13.3. The number of nitrogens with zero attached hydrogens (tertiary/aromatic N) is 2. The maximum Gasteiger partial charge on any atom is 0.257 e. The molecule has 1 saturated heterocycles. The summed E-state index contributed by atoms with van der Waals surface area (Å²) in [5, 5.41) is 3.52. The van der Waals surface area contributed by atoms with Gasteiger partial charge in [0.2, 0.25) is 0 Å². The van der Waals surface area contributed by atoms with E-state index in [4.69, 9.17) is 4.74 Å². The van der Waals surface area contributed by atoms with E-state index in [0.29, 0.717) is 18.0 Å². The van der Waals surface area contributed by atoms with Crippen LogP contribution < -0.4 is 5.32 Å². The minimum absolute atomic E-state index is 0.0860. The number of rotatable bonds is 6. The molecule has 1 aromatic heterocycles. The number of amides is 1. The molecular formula is C22H27N3O2. The number of carbonyl (C=O) groups excluding carboxylic acids is 1. The number of anilines is 1. The lowest BCUT2D eigenvalue weighted by molar-refractivity contribution is 0.0393. The van der Waals surface area contributed by atoms with E-state index in [2.05, 4.69) is 22.4 Å². The molecule has 1 aromatic carbocycles. The number of nitrogens with one attached hydrogen (secondary N) is 1. The molecule has 2 aromatic rings. The van der Waals surface area contributed by atoms with Gasteiger partial charge in [-0.1, -0.05) is 30.3 Å². The molecule has 1 aliphatic carbocycles. The molecule has 1 saturated carbocycles. The van der Waals surface area contributed by atoms with E-state index < -0.39 is 0 Å². The standard InChI is InChI=1S/C22H27N3O2/c26-22(25-14-4-5-15-25)18-10-7-13-23-21(18)24-19-11-6-12-20(19)27-16-17-8-2-1-3-9-17/h1-3,7-10,13,19-20H,4-6,11-12,14-16H2,(H,23,24)/t19-,20-/m1/s1. The van der Waals surface area contributed by atoms with Crippen LogP contribution >= 0.6 is 0 Å². The Morgan fingerprint density at radius 1 is 1.07 bits per heavy atom. The number of benzene rings is 1. The summed E-state index contributed by atoms with van der Waals surface area (Å²) < 4.78 is 6.19. The van der Waals surface area contributed by atoms with Crippen LogP contribution in [0.25, 0.3) is 0 Å². The summed E-state index contributed by atoms with van der Waals surface area (Å²) in [7, 11) is 0. The molecule has 0 unspecified atom stereocenters. The van der Waals surface area contributed by atoms with Gasteiger partial charge in [0.05, 0.1) is 24.3 Å². The smallest absolute Gasteiger partial charge is 0.257 e. The highest BCUT2D eigenvalue weighted by Crippen LogP contribution is 2.27. The Morgan fingerprint density at radius 2 is 1.89 bits per heavy atom. The third kappa shape index (κ3) is 4.30. The van der Waals surface area contributed by atoms with Gasteiger partial charge in [0.15, 0.2) is 0 Å². The van der Waals surface area contributed by atoms with Crippen LogP contribution in [0.5, 0.6) is 0 Å². The second-order valence-corrected chi connectivity index (χ2v) is 7.42. The molecule has 1 amide bonds. The molecule has 142 valence electrons. The summed E-state index contributed by atoms with van der Waals surface area (Å²) >= 11 is 0. The van der Waals surface area contributed by atoms with Crippen molar-refractivity contribution in [3.63, 3.8) is 0 Å². The van der Waals surface area contributed by atoms with Crippen molar-refractivity contribution >= 4 is 11.7 Å². The maximum atomic E-state index is 12.8. The van der Waals surface area contributed by atoms with E-state index in [-0.39, 0.29) is 18.1 Å². The van der Waals surface area contributed by atoms with Crippen LogP contribution in [0.1, 0.15) is 48.0 Å². The number of aromatic nitrogens is 1. The molecule has 0 radical (unpaired) electrons. The second-order valence-electron chi connectivity index (χ2n) is 7.42. The predicted octanol–water partition coefficient (Wildman–Crippen LogP) is 3.87. The number of ether oxygens (including phenoxy) is 1. The zero-order valence-corrected chi connectivity index (χ0v) is 15.6. The summed E-state index contributed by atoms with van der Waals surface area (Å²) in [4.78, 5) is 19.3. The lowest BCUT2D eigenvalue weighted by Gasteiger charge is -2.24. The normalized spacial score (nSPS) is 22.1. The van der Waals surface area contributed by atoms with E-state index in [9.17, 15) is 4.79 Å². The Hall–Kier alpha value is -2.40. The van der Waals surface area contributed by atoms with Crippen LogP contribution in [0.2, 0.25) is 0 Å². The third-order valence-corrected chi connectivity index (χ3v) is 5.51. The topological polar surface area (TPSA) is 54.5 Å². The van der Waals surface area contributed by atoms with Gasteiger partial charge in [-0.05, 0) is 49.8 Å². The van der Waals surface area contributed by atoms with Crippen molar-refractivity contribution in [1.29, 1.82) is 0 Å². The number of likely N-dealkylation sites (tertiary alicyclic amines) is 1. The van der Waals surface area contributed by atoms with Crippen molar-refractivity contribution in [2.45, 2.75) is 50.9 Å². The third-order valence-electron chi connectivity index (χ3n) is 5.51. The molecule has 4 rings (SSSR count). The van der Waals surface area contributed by atoms with Crippen molar-refractivity contribution in [2.75, 3.05) is 18.4 Å². The average molecular weight is 365 g/mol. The van der Waals surface area contributed by atoms with Gasteiger partial charge < -0.3 is 15.0 Å². The van der Waals surface area contributed by atoms with Crippen LogP contribution in [0, 0.1) is 0 Å². The molecule has 27 heavy (non-hydrogen) atoms. The SMILES string of the molecule is O=C(c1cccnc1N[C@@H]1CCC[C@H]1OCc1ccccc1)N1CCCC1. The second kappa shape index (κ2) is 8.53. The van der Waals surface area contributed by atoms with Gasteiger partial charge in [-0.3, -0.25) is 4.79 Å². The molecule has 2 heterocycles. The maximum absolute atomic E-state index is 12.8. The van der Waals surface area contributed by atoms with Crippen LogP contribution in [0.15, 0.2) is 48.7 Å². The molecule has 1 N–H and O–H groups in total. The quantitative estimate of drug-likeness (QED) is 0.844. The Balaban J connectivity index is 1.42. The lowest BCUT2D eigenvalue weighted by atomic mass is 10.1. The van der Waals surface area contributed by atoms with Crippen molar-refractivity contribution in [3.8, 4) is 0 Å². The Morgan fingerprint density at radius 3 is 2.70 bits per heavy atom. The lowest BCUT2D eigenvalue weighted by Crippen LogP contribution is -2.33. The number of hydrogen-bond donors (Lipinski definition) is 1. The molecule has 0 bridgehead atoms. The number of hydrogen-bond acceptors (Lipinski definition) is 4. The highest BCUT2D eigenvalue weighted by molar-refractivity contribution is 5.98. The highest BCUT2D eigenvalue weighted by Gasteiger charge is 2.30. The van der Waals surface area contributed by atoms with Gasteiger partial charge in [-0.15, -0.1) is 0 Å². The Kier molecular flexibility index (Phi) is 5.68. The summed E-state index contributed by atoms with van der Waals surface area (Å²) in [6, 6.07) is 14.2. The predicted molar refractivity (Wildman–Crippen MR) is 106 cm³/mol. The van der Waals surface area contributed by atoms with Crippen LogP contribution in [-0.4, -0.2) is 41.0 Å². The first-order valence-corrected chi connectivity index (χ1v) is 9.97. The van der Waals surface area contributed by atoms with Gasteiger partial charge in [0.25, 0.3) is 5.91 Å². The average Bonchev–Trinajstić information content (AvgIpc) is 3.39. The first kappa shape index (κ1) is 18.0. The fraction of sp³-hybridized carbons (Fsp3) is 0.455. The van der Waals surface area contributed by atoms with E-state index in [0.717, 1.165) is 45.2 Å². The minimum Gasteiger partial charge on any atom is -0.371 e.